The van der Waals surface area contributed by atoms with E-state index in [2.05, 4.69) is 17.6 Å². The number of unbranched alkanes of at least 4 members (excludes halogenated alkanes) is 1. The monoisotopic (exact) mass is 264 g/mol. The predicted molar refractivity (Wildman–Crippen MR) is 72.2 cm³/mol. The van der Waals surface area contributed by atoms with Gasteiger partial charge in [-0.3, -0.25) is 4.79 Å². The molecule has 104 valence electrons. The Morgan fingerprint density at radius 2 is 2.26 bits per heavy atom. The summed E-state index contributed by atoms with van der Waals surface area (Å²) >= 11 is 0. The molecule has 0 atom stereocenters. The number of hydrogen-bond acceptors (Lipinski definition) is 4. The zero-order valence-corrected chi connectivity index (χ0v) is 11.2. The molecular formula is C14H20N2O3. The summed E-state index contributed by atoms with van der Waals surface area (Å²) in [5.41, 5.74) is 1.01. The molecule has 1 heterocycles. The fourth-order valence-corrected chi connectivity index (χ4v) is 1.91. The number of benzene rings is 1. The van der Waals surface area contributed by atoms with Crippen LogP contribution in [-0.2, 0) is 11.3 Å². The summed E-state index contributed by atoms with van der Waals surface area (Å²) in [6, 6.07) is 5.77. The average molecular weight is 264 g/mol. The molecule has 19 heavy (non-hydrogen) atoms. The van der Waals surface area contributed by atoms with Crippen LogP contribution < -0.4 is 20.1 Å². The summed E-state index contributed by atoms with van der Waals surface area (Å²) in [6.45, 7) is 4.02. The molecule has 0 aromatic heterocycles. The van der Waals surface area contributed by atoms with Crippen LogP contribution in [0.4, 0.5) is 0 Å². The SMILES string of the molecule is CCCCNC(=O)CNCc1cccc2c1OCO2. The topological polar surface area (TPSA) is 59.6 Å². The Morgan fingerprint density at radius 1 is 1.37 bits per heavy atom. The fraction of sp³-hybridized carbons (Fsp3) is 0.500. The second-order valence-electron chi connectivity index (χ2n) is 4.46. The summed E-state index contributed by atoms with van der Waals surface area (Å²) in [4.78, 5) is 11.5. The minimum absolute atomic E-state index is 0.0261. The Bertz CT molecular complexity index is 435. The van der Waals surface area contributed by atoms with E-state index in [1.165, 1.54) is 0 Å². The van der Waals surface area contributed by atoms with E-state index >= 15 is 0 Å². The van der Waals surface area contributed by atoms with Crippen LogP contribution >= 0.6 is 0 Å². The molecule has 5 nitrogen and oxygen atoms in total. The lowest BCUT2D eigenvalue weighted by molar-refractivity contribution is -0.120. The number of carbonyl (C=O) groups is 1. The van der Waals surface area contributed by atoms with E-state index in [1.54, 1.807) is 0 Å². The Balaban J connectivity index is 1.74. The average Bonchev–Trinajstić information content (AvgIpc) is 2.88. The van der Waals surface area contributed by atoms with Gasteiger partial charge in [-0.05, 0) is 12.5 Å². The van der Waals surface area contributed by atoms with Gasteiger partial charge < -0.3 is 20.1 Å². The first-order valence-corrected chi connectivity index (χ1v) is 6.66. The largest absolute Gasteiger partial charge is 0.454 e. The second-order valence-corrected chi connectivity index (χ2v) is 4.46. The zero-order valence-electron chi connectivity index (χ0n) is 11.2. The van der Waals surface area contributed by atoms with Gasteiger partial charge in [0.25, 0.3) is 0 Å². The zero-order chi connectivity index (χ0) is 13.5. The van der Waals surface area contributed by atoms with Gasteiger partial charge in [0.2, 0.25) is 12.7 Å². The van der Waals surface area contributed by atoms with Gasteiger partial charge >= 0.3 is 0 Å². The Labute approximate surface area is 113 Å². The minimum Gasteiger partial charge on any atom is -0.454 e. The third kappa shape index (κ3) is 3.86. The van der Waals surface area contributed by atoms with Gasteiger partial charge in [-0.2, -0.15) is 0 Å². The first kappa shape index (κ1) is 13.7. The third-order valence-electron chi connectivity index (χ3n) is 2.93. The van der Waals surface area contributed by atoms with Crippen molar-refractivity contribution in [2.75, 3.05) is 19.9 Å². The molecule has 0 unspecified atom stereocenters. The van der Waals surface area contributed by atoms with Crippen molar-refractivity contribution in [2.45, 2.75) is 26.3 Å². The lowest BCUT2D eigenvalue weighted by atomic mass is 10.2. The normalized spacial score (nSPS) is 12.5. The number of nitrogens with one attached hydrogen (secondary N) is 2. The Kier molecular flexibility index (Phi) is 5.03. The van der Waals surface area contributed by atoms with Crippen molar-refractivity contribution in [3.05, 3.63) is 23.8 Å². The van der Waals surface area contributed by atoms with Gasteiger partial charge in [0.05, 0.1) is 6.54 Å². The number of carbonyl (C=O) groups excluding carboxylic acids is 1. The molecule has 0 saturated heterocycles. The molecular weight excluding hydrogens is 244 g/mol. The van der Waals surface area contributed by atoms with Crippen LogP contribution in [0.1, 0.15) is 25.3 Å². The van der Waals surface area contributed by atoms with E-state index in [4.69, 9.17) is 9.47 Å². The van der Waals surface area contributed by atoms with E-state index in [0.29, 0.717) is 13.1 Å². The van der Waals surface area contributed by atoms with Gasteiger partial charge in [0, 0.05) is 18.7 Å². The summed E-state index contributed by atoms with van der Waals surface area (Å²) in [6.07, 6.45) is 2.10. The maximum Gasteiger partial charge on any atom is 0.233 e. The van der Waals surface area contributed by atoms with E-state index in [-0.39, 0.29) is 12.7 Å². The maximum atomic E-state index is 11.5. The van der Waals surface area contributed by atoms with Crippen molar-refractivity contribution in [1.29, 1.82) is 0 Å². The molecule has 1 aliphatic rings. The van der Waals surface area contributed by atoms with Gasteiger partial charge in [-0.15, -0.1) is 0 Å². The lowest BCUT2D eigenvalue weighted by Crippen LogP contribution is -2.34. The van der Waals surface area contributed by atoms with Crippen LogP contribution in [0.5, 0.6) is 11.5 Å². The van der Waals surface area contributed by atoms with E-state index in [9.17, 15) is 4.79 Å². The second kappa shape index (κ2) is 6.99. The molecule has 0 spiro atoms. The first-order valence-electron chi connectivity index (χ1n) is 6.66. The Morgan fingerprint density at radius 3 is 3.11 bits per heavy atom. The summed E-state index contributed by atoms with van der Waals surface area (Å²) in [5, 5.41) is 5.98. The maximum absolute atomic E-state index is 11.5. The van der Waals surface area contributed by atoms with Crippen molar-refractivity contribution in [3.63, 3.8) is 0 Å². The number of rotatable bonds is 7. The molecule has 0 radical (unpaired) electrons. The van der Waals surface area contributed by atoms with Crippen molar-refractivity contribution < 1.29 is 14.3 Å². The number of hydrogen-bond donors (Lipinski definition) is 2. The van der Waals surface area contributed by atoms with E-state index in [1.807, 2.05) is 18.2 Å². The summed E-state index contributed by atoms with van der Waals surface area (Å²) in [7, 11) is 0. The number of para-hydroxylation sites is 1. The van der Waals surface area contributed by atoms with E-state index in [0.717, 1.165) is 36.4 Å². The van der Waals surface area contributed by atoms with Crippen LogP contribution in [0.15, 0.2) is 18.2 Å². The molecule has 0 saturated carbocycles. The molecule has 0 fully saturated rings. The van der Waals surface area contributed by atoms with E-state index < -0.39 is 0 Å². The van der Waals surface area contributed by atoms with Crippen LogP contribution in [0.3, 0.4) is 0 Å². The highest BCUT2D eigenvalue weighted by Gasteiger charge is 2.16. The fourth-order valence-electron chi connectivity index (χ4n) is 1.91. The Hall–Kier alpha value is -1.75. The molecule has 1 amide bonds. The number of ether oxygens (including phenoxy) is 2. The molecule has 1 aromatic carbocycles. The van der Waals surface area contributed by atoms with Crippen LogP contribution in [0, 0.1) is 0 Å². The van der Waals surface area contributed by atoms with Gasteiger partial charge in [0.1, 0.15) is 0 Å². The molecule has 0 bridgehead atoms. The third-order valence-corrected chi connectivity index (χ3v) is 2.93. The smallest absolute Gasteiger partial charge is 0.233 e. The van der Waals surface area contributed by atoms with Crippen LogP contribution in [0.2, 0.25) is 0 Å². The number of fused-ring (bicyclic) bond motifs is 1. The van der Waals surface area contributed by atoms with Crippen molar-refractivity contribution in [2.24, 2.45) is 0 Å². The molecule has 1 aliphatic heterocycles. The number of amides is 1. The molecule has 2 N–H and O–H groups in total. The highest BCUT2D eigenvalue weighted by atomic mass is 16.7. The molecule has 2 rings (SSSR count). The highest BCUT2D eigenvalue weighted by Crippen LogP contribution is 2.35. The van der Waals surface area contributed by atoms with Crippen molar-refractivity contribution in [1.82, 2.24) is 10.6 Å². The molecule has 5 heteroatoms. The summed E-state index contributed by atoms with van der Waals surface area (Å²) < 4.78 is 10.7. The highest BCUT2D eigenvalue weighted by molar-refractivity contribution is 5.77. The van der Waals surface area contributed by atoms with Crippen molar-refractivity contribution >= 4 is 5.91 Å². The van der Waals surface area contributed by atoms with Crippen LogP contribution in [0.25, 0.3) is 0 Å². The van der Waals surface area contributed by atoms with Crippen molar-refractivity contribution in [3.8, 4) is 11.5 Å². The van der Waals surface area contributed by atoms with Gasteiger partial charge in [-0.1, -0.05) is 25.5 Å². The predicted octanol–water partition coefficient (Wildman–Crippen LogP) is 1.42. The summed E-state index contributed by atoms with van der Waals surface area (Å²) in [5.74, 6) is 1.58. The van der Waals surface area contributed by atoms with Crippen LogP contribution in [-0.4, -0.2) is 25.8 Å². The van der Waals surface area contributed by atoms with Gasteiger partial charge in [-0.25, -0.2) is 0 Å². The quantitative estimate of drug-likeness (QED) is 0.731. The lowest BCUT2D eigenvalue weighted by Gasteiger charge is -2.08. The minimum atomic E-state index is 0.0261. The first-order chi connectivity index (χ1) is 9.31. The standard InChI is InChI=1S/C14H20N2O3/c1-2-3-7-16-13(17)9-15-8-11-5-4-6-12-14(11)19-10-18-12/h4-6,15H,2-3,7-10H2,1H3,(H,16,17). The van der Waals surface area contributed by atoms with Gasteiger partial charge in [0.15, 0.2) is 11.5 Å². The molecule has 0 aliphatic carbocycles. The molecule has 1 aromatic rings.